The molecule has 4 nitrogen and oxygen atoms in total. The van der Waals surface area contributed by atoms with Crippen molar-refractivity contribution in [1.29, 1.82) is 0 Å². The number of ether oxygens (including phenoxy) is 1. The lowest BCUT2D eigenvalue weighted by atomic mass is 10.0. The minimum absolute atomic E-state index is 0.00978. The zero-order valence-electron chi connectivity index (χ0n) is 14.4. The number of H-pyrrole nitrogens is 1. The van der Waals surface area contributed by atoms with Gasteiger partial charge >= 0.3 is 0 Å². The first-order chi connectivity index (χ1) is 11.9. The van der Waals surface area contributed by atoms with Gasteiger partial charge in [0.15, 0.2) is 5.69 Å². The molecule has 1 N–H and O–H groups in total. The van der Waals surface area contributed by atoms with Crippen molar-refractivity contribution >= 4 is 11.0 Å². The van der Waals surface area contributed by atoms with E-state index in [-0.39, 0.29) is 5.92 Å². The van der Waals surface area contributed by atoms with Gasteiger partial charge in [-0.1, -0.05) is 6.92 Å². The molecule has 0 amide bonds. The van der Waals surface area contributed by atoms with Crippen LogP contribution in [0.4, 0.5) is 8.78 Å². The Morgan fingerprint density at radius 3 is 2.68 bits per heavy atom. The molecule has 2 saturated carbocycles. The van der Waals surface area contributed by atoms with E-state index in [0.29, 0.717) is 29.1 Å². The van der Waals surface area contributed by atoms with Crippen molar-refractivity contribution in [2.45, 2.75) is 38.5 Å². The number of nitrogens with zero attached hydrogens (tertiary/aromatic N) is 1. The molecule has 0 spiro atoms. The van der Waals surface area contributed by atoms with Crippen LogP contribution >= 0.6 is 0 Å². The zero-order valence-corrected chi connectivity index (χ0v) is 14.4. The summed E-state index contributed by atoms with van der Waals surface area (Å²) in [6, 6.07) is 4.82. The SMILES string of the molecule is COc1ccc2nc(C(F)(F)C3CC3CCC3CC3C)c(=O)[nH]c2c1. The second-order valence-corrected chi connectivity index (χ2v) is 7.57. The van der Waals surface area contributed by atoms with Gasteiger partial charge in [0.1, 0.15) is 5.75 Å². The highest BCUT2D eigenvalue weighted by Gasteiger charge is 2.57. The Kier molecular flexibility index (Phi) is 3.81. The first kappa shape index (κ1) is 16.5. The molecule has 0 aliphatic heterocycles. The molecule has 0 bridgehead atoms. The number of fused-ring (bicyclic) bond motifs is 1. The lowest BCUT2D eigenvalue weighted by Crippen LogP contribution is -2.29. The first-order valence-electron chi connectivity index (χ1n) is 8.86. The van der Waals surface area contributed by atoms with Crippen LogP contribution in [0.15, 0.2) is 23.0 Å². The Labute approximate surface area is 144 Å². The number of rotatable bonds is 6. The van der Waals surface area contributed by atoms with Crippen molar-refractivity contribution in [2.75, 3.05) is 7.11 Å². The van der Waals surface area contributed by atoms with E-state index in [1.54, 1.807) is 18.2 Å². The van der Waals surface area contributed by atoms with Crippen LogP contribution in [0.25, 0.3) is 11.0 Å². The molecule has 1 heterocycles. The minimum atomic E-state index is -3.18. The number of methoxy groups -OCH3 is 1. The zero-order chi connectivity index (χ0) is 17.8. The van der Waals surface area contributed by atoms with Crippen LogP contribution in [-0.2, 0) is 5.92 Å². The standard InChI is InChI=1S/C19H22F2N2O2/c1-10-7-11(10)3-4-12-8-14(12)19(20,21)17-18(24)23-16-9-13(25-2)5-6-15(16)22-17/h5-6,9-12,14H,3-4,7-8H2,1-2H3,(H,23,24). The molecule has 25 heavy (non-hydrogen) atoms. The summed E-state index contributed by atoms with van der Waals surface area (Å²) < 4.78 is 34.8. The number of hydrogen-bond acceptors (Lipinski definition) is 3. The lowest BCUT2D eigenvalue weighted by molar-refractivity contribution is -0.0396. The first-order valence-corrected chi connectivity index (χ1v) is 8.86. The number of aromatic amines is 1. The average molecular weight is 348 g/mol. The number of nitrogens with one attached hydrogen (secondary N) is 1. The van der Waals surface area contributed by atoms with E-state index in [4.69, 9.17) is 4.74 Å². The molecule has 2 aromatic rings. The van der Waals surface area contributed by atoms with Gasteiger partial charge in [-0.15, -0.1) is 0 Å². The Morgan fingerprint density at radius 1 is 1.28 bits per heavy atom. The highest BCUT2D eigenvalue weighted by molar-refractivity contribution is 5.75. The summed E-state index contributed by atoms with van der Waals surface area (Å²) in [5.74, 6) is -1.92. The maximum atomic E-state index is 14.8. The quantitative estimate of drug-likeness (QED) is 0.855. The molecule has 0 saturated heterocycles. The number of aromatic nitrogens is 2. The van der Waals surface area contributed by atoms with Gasteiger partial charge in [-0.25, -0.2) is 4.98 Å². The second kappa shape index (κ2) is 5.78. The molecule has 2 aliphatic rings. The number of benzene rings is 1. The third-order valence-corrected chi connectivity index (χ3v) is 5.79. The highest BCUT2D eigenvalue weighted by Crippen LogP contribution is 2.56. The van der Waals surface area contributed by atoms with Gasteiger partial charge in [0.2, 0.25) is 0 Å². The largest absolute Gasteiger partial charge is 0.497 e. The van der Waals surface area contributed by atoms with Crippen molar-refractivity contribution in [3.8, 4) is 5.75 Å². The van der Waals surface area contributed by atoms with Crippen LogP contribution < -0.4 is 10.3 Å². The molecule has 134 valence electrons. The Balaban J connectivity index is 1.55. The van der Waals surface area contributed by atoms with Crippen molar-refractivity contribution in [3.63, 3.8) is 0 Å². The van der Waals surface area contributed by atoms with E-state index in [2.05, 4.69) is 16.9 Å². The van der Waals surface area contributed by atoms with Crippen LogP contribution in [0.5, 0.6) is 5.75 Å². The average Bonchev–Trinajstić information content (AvgIpc) is 3.48. The van der Waals surface area contributed by atoms with Crippen LogP contribution in [-0.4, -0.2) is 17.1 Å². The predicted octanol–water partition coefficient (Wildman–Crippen LogP) is 4.10. The van der Waals surface area contributed by atoms with Gasteiger partial charge in [-0.2, -0.15) is 8.78 Å². The van der Waals surface area contributed by atoms with Gasteiger partial charge in [0, 0.05) is 12.0 Å². The molecule has 2 aliphatic carbocycles. The van der Waals surface area contributed by atoms with Crippen LogP contribution in [0.1, 0.15) is 38.3 Å². The molecular formula is C19H22F2N2O2. The fraction of sp³-hybridized carbons (Fsp3) is 0.579. The Bertz CT molecular complexity index is 864. The van der Waals surface area contributed by atoms with Gasteiger partial charge in [0.25, 0.3) is 11.5 Å². The fourth-order valence-electron chi connectivity index (χ4n) is 3.83. The van der Waals surface area contributed by atoms with E-state index in [0.717, 1.165) is 18.8 Å². The molecule has 4 rings (SSSR count). The molecule has 4 atom stereocenters. The number of halogens is 2. The van der Waals surface area contributed by atoms with Crippen LogP contribution in [0.3, 0.4) is 0 Å². The normalized spacial score (nSPS) is 28.2. The van der Waals surface area contributed by atoms with E-state index in [1.807, 2.05) is 0 Å². The molecule has 2 fully saturated rings. The van der Waals surface area contributed by atoms with Gasteiger partial charge in [-0.05, 0) is 55.6 Å². The molecule has 1 aromatic carbocycles. The molecule has 4 unspecified atom stereocenters. The summed E-state index contributed by atoms with van der Waals surface area (Å²) in [5.41, 5.74) is -0.720. The fourth-order valence-corrected chi connectivity index (χ4v) is 3.83. The van der Waals surface area contributed by atoms with Crippen LogP contribution in [0, 0.1) is 23.7 Å². The minimum Gasteiger partial charge on any atom is -0.497 e. The summed E-state index contributed by atoms with van der Waals surface area (Å²) in [5, 5.41) is 0. The Morgan fingerprint density at radius 2 is 2.00 bits per heavy atom. The third kappa shape index (κ3) is 3.02. The lowest BCUT2D eigenvalue weighted by Gasteiger charge is -2.15. The van der Waals surface area contributed by atoms with Crippen molar-refractivity contribution < 1.29 is 13.5 Å². The van der Waals surface area contributed by atoms with E-state index in [1.165, 1.54) is 13.5 Å². The molecule has 1 aromatic heterocycles. The van der Waals surface area contributed by atoms with Gasteiger partial charge in [0.05, 0.1) is 18.1 Å². The summed E-state index contributed by atoms with van der Waals surface area (Å²) in [7, 11) is 1.50. The molecule has 0 radical (unpaired) electrons. The maximum Gasteiger partial charge on any atom is 0.298 e. The maximum absolute atomic E-state index is 14.8. The van der Waals surface area contributed by atoms with Crippen molar-refractivity contribution in [2.24, 2.45) is 23.7 Å². The summed E-state index contributed by atoms with van der Waals surface area (Å²) in [4.78, 5) is 18.7. The predicted molar refractivity (Wildman–Crippen MR) is 90.9 cm³/mol. The van der Waals surface area contributed by atoms with E-state index < -0.39 is 23.1 Å². The molecular weight excluding hydrogens is 326 g/mol. The van der Waals surface area contributed by atoms with Crippen molar-refractivity contribution in [3.05, 3.63) is 34.2 Å². The summed E-state index contributed by atoms with van der Waals surface area (Å²) >= 11 is 0. The van der Waals surface area contributed by atoms with Crippen LogP contribution in [0.2, 0.25) is 0 Å². The Hall–Kier alpha value is -1.98. The summed E-state index contributed by atoms with van der Waals surface area (Å²) in [6.45, 7) is 2.21. The monoisotopic (exact) mass is 348 g/mol. The summed E-state index contributed by atoms with van der Waals surface area (Å²) in [6.07, 6.45) is 3.57. The van der Waals surface area contributed by atoms with E-state index >= 15 is 0 Å². The second-order valence-electron chi connectivity index (χ2n) is 7.57. The van der Waals surface area contributed by atoms with Gasteiger partial charge < -0.3 is 9.72 Å². The van der Waals surface area contributed by atoms with Gasteiger partial charge in [-0.3, -0.25) is 4.79 Å². The topological polar surface area (TPSA) is 55.0 Å². The third-order valence-electron chi connectivity index (χ3n) is 5.79. The van der Waals surface area contributed by atoms with E-state index in [9.17, 15) is 13.6 Å². The van der Waals surface area contributed by atoms with Crippen molar-refractivity contribution in [1.82, 2.24) is 9.97 Å². The molecule has 6 heteroatoms. The smallest absolute Gasteiger partial charge is 0.298 e. The number of hydrogen-bond donors (Lipinski definition) is 1. The highest BCUT2D eigenvalue weighted by atomic mass is 19.3. The number of alkyl halides is 2.